The summed E-state index contributed by atoms with van der Waals surface area (Å²) in [6.45, 7) is 0. The van der Waals surface area contributed by atoms with Crippen LogP contribution in [-0.2, 0) is 0 Å². The van der Waals surface area contributed by atoms with Crippen molar-refractivity contribution < 1.29 is 9.90 Å². The van der Waals surface area contributed by atoms with Gasteiger partial charge in [-0.3, -0.25) is 0 Å². The summed E-state index contributed by atoms with van der Waals surface area (Å²) in [5, 5.41) is 16.8. The normalized spacial score (nSPS) is 8.21. The second kappa shape index (κ2) is 4.69. The van der Waals surface area contributed by atoms with Crippen molar-refractivity contribution in [2.24, 2.45) is 0 Å². The van der Waals surface area contributed by atoms with Gasteiger partial charge >= 0.3 is 5.97 Å². The van der Waals surface area contributed by atoms with Crippen LogP contribution in [0.25, 0.3) is 0 Å². The van der Waals surface area contributed by atoms with Gasteiger partial charge in [0, 0.05) is 5.56 Å². The smallest absolute Gasteiger partial charge is 0.335 e. The van der Waals surface area contributed by atoms with Gasteiger partial charge in [0.2, 0.25) is 0 Å². The van der Waals surface area contributed by atoms with E-state index in [-0.39, 0.29) is 12.0 Å². The monoisotopic (exact) mass is 185 g/mol. The van der Waals surface area contributed by atoms with Gasteiger partial charge in [0.05, 0.1) is 18.1 Å². The summed E-state index contributed by atoms with van der Waals surface area (Å²) >= 11 is 0. The number of carboxylic acid groups (broad SMARTS) is 1. The first kappa shape index (κ1) is 9.83. The third-order valence-electron chi connectivity index (χ3n) is 1.53. The van der Waals surface area contributed by atoms with Crippen molar-refractivity contribution >= 4 is 5.97 Å². The molecule has 0 bridgehead atoms. The molecule has 0 amide bonds. The largest absolute Gasteiger partial charge is 0.478 e. The van der Waals surface area contributed by atoms with Gasteiger partial charge in [-0.1, -0.05) is 11.8 Å². The van der Waals surface area contributed by atoms with Gasteiger partial charge < -0.3 is 5.11 Å². The first-order chi connectivity index (χ1) is 6.74. The first-order valence-electron chi connectivity index (χ1n) is 3.93. The van der Waals surface area contributed by atoms with E-state index in [1.54, 1.807) is 12.1 Å². The fourth-order valence-corrected chi connectivity index (χ4v) is 0.882. The topological polar surface area (TPSA) is 61.1 Å². The molecule has 0 atom stereocenters. The van der Waals surface area contributed by atoms with E-state index in [9.17, 15) is 4.79 Å². The third kappa shape index (κ3) is 2.66. The highest BCUT2D eigenvalue weighted by atomic mass is 16.4. The van der Waals surface area contributed by atoms with E-state index < -0.39 is 5.97 Å². The zero-order valence-corrected chi connectivity index (χ0v) is 7.32. The molecule has 0 unspecified atom stereocenters. The van der Waals surface area contributed by atoms with Crippen LogP contribution in [0.15, 0.2) is 24.3 Å². The molecule has 0 aromatic heterocycles. The van der Waals surface area contributed by atoms with Gasteiger partial charge in [0.15, 0.2) is 0 Å². The van der Waals surface area contributed by atoms with E-state index >= 15 is 0 Å². The summed E-state index contributed by atoms with van der Waals surface area (Å²) in [5.41, 5.74) is 0.945. The Labute approximate surface area is 81.6 Å². The molecule has 68 valence electrons. The Morgan fingerprint density at radius 1 is 1.36 bits per heavy atom. The third-order valence-corrected chi connectivity index (χ3v) is 1.53. The van der Waals surface area contributed by atoms with Crippen LogP contribution in [0.2, 0.25) is 0 Å². The van der Waals surface area contributed by atoms with Crippen LogP contribution in [0.1, 0.15) is 22.3 Å². The van der Waals surface area contributed by atoms with Crippen LogP contribution in [0, 0.1) is 23.2 Å². The minimum absolute atomic E-state index is 0.181. The molecule has 1 aromatic carbocycles. The second-order valence-electron chi connectivity index (χ2n) is 2.52. The van der Waals surface area contributed by atoms with Crippen LogP contribution in [-0.4, -0.2) is 11.1 Å². The number of nitriles is 1. The summed E-state index contributed by atoms with van der Waals surface area (Å²) in [5.74, 6) is 4.43. The Morgan fingerprint density at radius 2 is 2.00 bits per heavy atom. The van der Waals surface area contributed by atoms with Crippen molar-refractivity contribution in [3.8, 4) is 17.9 Å². The lowest BCUT2D eigenvalue weighted by atomic mass is 10.1. The molecule has 0 aliphatic carbocycles. The van der Waals surface area contributed by atoms with Gasteiger partial charge in [-0.25, -0.2) is 4.79 Å². The molecular weight excluding hydrogens is 178 g/mol. The number of hydrogen-bond donors (Lipinski definition) is 1. The van der Waals surface area contributed by atoms with Crippen LogP contribution in [0.3, 0.4) is 0 Å². The number of carboxylic acids is 1. The number of nitrogens with zero attached hydrogens (tertiary/aromatic N) is 1. The zero-order valence-electron chi connectivity index (χ0n) is 7.32. The number of aromatic carboxylic acids is 1. The lowest BCUT2D eigenvalue weighted by molar-refractivity contribution is 0.0697. The van der Waals surface area contributed by atoms with Crippen molar-refractivity contribution in [2.45, 2.75) is 6.42 Å². The number of rotatable bonds is 1. The Kier molecular flexibility index (Phi) is 3.29. The molecular formula is C11H7NO2. The SMILES string of the molecule is N#CCC#Cc1ccc(C(=O)O)cc1. The Morgan fingerprint density at radius 3 is 2.50 bits per heavy atom. The van der Waals surface area contributed by atoms with Crippen molar-refractivity contribution in [2.75, 3.05) is 0 Å². The highest BCUT2D eigenvalue weighted by Gasteiger charge is 1.99. The minimum atomic E-state index is -0.957. The molecule has 0 saturated heterocycles. The quantitative estimate of drug-likeness (QED) is 0.676. The van der Waals surface area contributed by atoms with E-state index in [4.69, 9.17) is 10.4 Å². The summed E-state index contributed by atoms with van der Waals surface area (Å²) < 4.78 is 0. The van der Waals surface area contributed by atoms with Crippen molar-refractivity contribution in [3.63, 3.8) is 0 Å². The molecule has 0 saturated carbocycles. The molecule has 0 heterocycles. The van der Waals surface area contributed by atoms with Gasteiger partial charge in [0.25, 0.3) is 0 Å². The summed E-state index contributed by atoms with van der Waals surface area (Å²) in [4.78, 5) is 10.5. The maximum atomic E-state index is 10.5. The Bertz CT molecular complexity index is 429. The van der Waals surface area contributed by atoms with Crippen LogP contribution in [0.4, 0.5) is 0 Å². The molecule has 0 fully saturated rings. The predicted octanol–water partition coefficient (Wildman–Crippen LogP) is 1.65. The molecule has 0 spiro atoms. The van der Waals surface area contributed by atoms with E-state index in [0.29, 0.717) is 5.56 Å². The fourth-order valence-electron chi connectivity index (χ4n) is 0.882. The number of hydrogen-bond acceptors (Lipinski definition) is 2. The average molecular weight is 185 g/mol. The zero-order chi connectivity index (χ0) is 10.4. The molecule has 14 heavy (non-hydrogen) atoms. The minimum Gasteiger partial charge on any atom is -0.478 e. The highest BCUT2D eigenvalue weighted by Crippen LogP contribution is 2.02. The molecule has 0 aliphatic rings. The molecule has 1 aromatic rings. The Balaban J connectivity index is 2.81. The lowest BCUT2D eigenvalue weighted by Crippen LogP contribution is -1.94. The van der Waals surface area contributed by atoms with E-state index in [0.717, 1.165) is 0 Å². The van der Waals surface area contributed by atoms with Gasteiger partial charge in [0.1, 0.15) is 0 Å². The molecule has 0 aliphatic heterocycles. The van der Waals surface area contributed by atoms with Crippen molar-refractivity contribution in [1.82, 2.24) is 0 Å². The fraction of sp³-hybridized carbons (Fsp3) is 0.0909. The van der Waals surface area contributed by atoms with E-state index in [1.165, 1.54) is 12.1 Å². The predicted molar refractivity (Wildman–Crippen MR) is 50.5 cm³/mol. The van der Waals surface area contributed by atoms with Gasteiger partial charge in [-0.2, -0.15) is 5.26 Å². The summed E-state index contributed by atoms with van der Waals surface area (Å²) in [6.07, 6.45) is 0.181. The van der Waals surface area contributed by atoms with Gasteiger partial charge in [-0.15, -0.1) is 0 Å². The van der Waals surface area contributed by atoms with Crippen molar-refractivity contribution in [1.29, 1.82) is 5.26 Å². The second-order valence-corrected chi connectivity index (χ2v) is 2.52. The van der Waals surface area contributed by atoms with Gasteiger partial charge in [-0.05, 0) is 24.3 Å². The van der Waals surface area contributed by atoms with E-state index in [2.05, 4.69) is 11.8 Å². The number of benzene rings is 1. The molecule has 1 N–H and O–H groups in total. The lowest BCUT2D eigenvalue weighted by Gasteiger charge is -1.92. The van der Waals surface area contributed by atoms with E-state index in [1.807, 2.05) is 6.07 Å². The average Bonchev–Trinajstić information content (AvgIpc) is 2.19. The standard InChI is InChI=1S/C11H7NO2/c12-8-2-1-3-9-4-6-10(7-5-9)11(13)14/h4-7H,2H2,(H,13,14). The summed E-state index contributed by atoms with van der Waals surface area (Å²) in [6, 6.07) is 8.11. The first-order valence-corrected chi connectivity index (χ1v) is 3.93. The van der Waals surface area contributed by atoms with Crippen LogP contribution >= 0.6 is 0 Å². The molecule has 3 heteroatoms. The summed E-state index contributed by atoms with van der Waals surface area (Å²) in [7, 11) is 0. The highest BCUT2D eigenvalue weighted by molar-refractivity contribution is 5.87. The number of carbonyl (C=O) groups is 1. The molecule has 1 rings (SSSR count). The van der Waals surface area contributed by atoms with Crippen LogP contribution in [0.5, 0.6) is 0 Å². The molecule has 0 radical (unpaired) electrons. The molecule has 3 nitrogen and oxygen atoms in total. The van der Waals surface area contributed by atoms with Crippen LogP contribution < -0.4 is 0 Å². The maximum absolute atomic E-state index is 10.5. The Hall–Kier alpha value is -2.26. The van der Waals surface area contributed by atoms with Crippen molar-refractivity contribution in [3.05, 3.63) is 35.4 Å². The maximum Gasteiger partial charge on any atom is 0.335 e.